The van der Waals surface area contributed by atoms with Gasteiger partial charge in [-0.15, -0.1) is 0 Å². The molecule has 1 aliphatic rings. The first-order valence-electron chi connectivity index (χ1n) is 9.36. The highest BCUT2D eigenvalue weighted by Crippen LogP contribution is 2.41. The molecule has 1 saturated carbocycles. The van der Waals surface area contributed by atoms with Crippen LogP contribution in [-0.4, -0.2) is 15.7 Å². The smallest absolute Gasteiger partial charge is 0.276 e. The van der Waals surface area contributed by atoms with Crippen molar-refractivity contribution in [3.63, 3.8) is 0 Å². The van der Waals surface area contributed by atoms with Crippen LogP contribution in [0.2, 0.25) is 5.02 Å². The highest BCUT2D eigenvalue weighted by Gasteiger charge is 2.34. The summed E-state index contributed by atoms with van der Waals surface area (Å²) in [7, 11) is 0. The Labute approximate surface area is 172 Å². The Bertz CT molecular complexity index is 1120. The van der Waals surface area contributed by atoms with Gasteiger partial charge in [-0.3, -0.25) is 9.59 Å². The van der Waals surface area contributed by atoms with E-state index in [2.05, 4.69) is 10.4 Å². The van der Waals surface area contributed by atoms with Crippen LogP contribution in [0.15, 0.2) is 59.4 Å². The third-order valence-corrected chi connectivity index (χ3v) is 5.26. The number of hydrogen-bond acceptors (Lipinski definition) is 3. The van der Waals surface area contributed by atoms with E-state index in [1.54, 1.807) is 37.3 Å². The number of hydrogen-bond donors (Lipinski definition) is 1. The summed E-state index contributed by atoms with van der Waals surface area (Å²) in [5, 5.41) is 7.72. The van der Waals surface area contributed by atoms with Gasteiger partial charge in [-0.05, 0) is 55.5 Å². The maximum absolute atomic E-state index is 14.2. The van der Waals surface area contributed by atoms with E-state index in [9.17, 15) is 14.0 Å². The summed E-state index contributed by atoms with van der Waals surface area (Å²) in [6.45, 7) is 1.64. The lowest BCUT2D eigenvalue weighted by atomic mass is 10.0. The molecule has 1 amide bonds. The molecule has 1 aromatic heterocycles. The first-order chi connectivity index (χ1) is 13.9. The van der Waals surface area contributed by atoms with Gasteiger partial charge in [0.05, 0.1) is 6.04 Å². The summed E-state index contributed by atoms with van der Waals surface area (Å²) in [5.41, 5.74) is 0.770. The van der Waals surface area contributed by atoms with Gasteiger partial charge in [-0.1, -0.05) is 35.9 Å². The maximum atomic E-state index is 14.2. The Morgan fingerprint density at radius 1 is 1.21 bits per heavy atom. The molecule has 148 valence electrons. The summed E-state index contributed by atoms with van der Waals surface area (Å²) in [5.74, 6) is -0.763. The Balaban J connectivity index is 1.68. The molecule has 7 heteroatoms. The SMILES string of the molecule is Cc1cc(=O)c(C(=O)NC(c2ccc(Cl)cc2)C2CC2)nn1-c1ccccc1F. The zero-order valence-corrected chi connectivity index (χ0v) is 16.5. The molecule has 5 nitrogen and oxygen atoms in total. The van der Waals surface area contributed by atoms with Crippen LogP contribution < -0.4 is 10.7 Å². The van der Waals surface area contributed by atoms with Gasteiger partial charge in [0.25, 0.3) is 5.91 Å². The molecule has 1 aliphatic carbocycles. The minimum atomic E-state index is -0.577. The van der Waals surface area contributed by atoms with Crippen LogP contribution in [0.5, 0.6) is 0 Å². The Morgan fingerprint density at radius 3 is 2.55 bits per heavy atom. The van der Waals surface area contributed by atoms with Crippen molar-refractivity contribution in [3.8, 4) is 5.69 Å². The minimum Gasteiger partial charge on any atom is -0.343 e. The number of para-hydroxylation sites is 1. The van der Waals surface area contributed by atoms with E-state index in [0.717, 1.165) is 18.4 Å². The van der Waals surface area contributed by atoms with E-state index in [-0.39, 0.29) is 17.4 Å². The van der Waals surface area contributed by atoms with E-state index in [1.807, 2.05) is 12.1 Å². The normalized spacial score (nSPS) is 14.4. The molecular formula is C22H19ClFN3O2. The number of nitrogens with one attached hydrogen (secondary N) is 1. The topological polar surface area (TPSA) is 64.0 Å². The minimum absolute atomic E-state index is 0.176. The van der Waals surface area contributed by atoms with Crippen molar-refractivity contribution < 1.29 is 9.18 Å². The van der Waals surface area contributed by atoms with Gasteiger partial charge < -0.3 is 5.32 Å². The van der Waals surface area contributed by atoms with Crippen molar-refractivity contribution in [1.29, 1.82) is 0 Å². The largest absolute Gasteiger partial charge is 0.343 e. The standard InChI is InChI=1S/C22H19ClFN3O2/c1-13-12-19(28)21(26-27(13)18-5-3-2-4-17(18)24)22(29)25-20(14-6-7-14)15-8-10-16(23)11-9-15/h2-5,8-12,14,20H,6-7H2,1H3,(H,25,29). The van der Waals surface area contributed by atoms with Crippen LogP contribution >= 0.6 is 11.6 Å². The lowest BCUT2D eigenvalue weighted by molar-refractivity contribution is 0.0923. The van der Waals surface area contributed by atoms with Gasteiger partial charge in [0.2, 0.25) is 5.43 Å². The van der Waals surface area contributed by atoms with Crippen molar-refractivity contribution in [2.75, 3.05) is 0 Å². The summed E-state index contributed by atoms with van der Waals surface area (Å²) >= 11 is 5.97. The van der Waals surface area contributed by atoms with E-state index in [1.165, 1.54) is 16.8 Å². The highest BCUT2D eigenvalue weighted by molar-refractivity contribution is 6.30. The maximum Gasteiger partial charge on any atom is 0.276 e. The van der Waals surface area contributed by atoms with E-state index < -0.39 is 17.2 Å². The molecule has 3 aromatic rings. The zero-order chi connectivity index (χ0) is 20.5. The number of aromatic nitrogens is 2. The summed E-state index contributed by atoms with van der Waals surface area (Å²) in [4.78, 5) is 25.4. The predicted octanol–water partition coefficient (Wildman–Crippen LogP) is 4.21. The lowest BCUT2D eigenvalue weighted by Gasteiger charge is -2.19. The van der Waals surface area contributed by atoms with E-state index in [0.29, 0.717) is 16.6 Å². The van der Waals surface area contributed by atoms with Crippen molar-refractivity contribution in [2.45, 2.75) is 25.8 Å². The predicted molar refractivity (Wildman–Crippen MR) is 109 cm³/mol. The van der Waals surface area contributed by atoms with E-state index >= 15 is 0 Å². The number of carbonyl (C=O) groups is 1. The Hall–Kier alpha value is -2.99. The number of rotatable bonds is 5. The van der Waals surface area contributed by atoms with Crippen molar-refractivity contribution >= 4 is 17.5 Å². The number of amides is 1. The van der Waals surface area contributed by atoms with Gasteiger partial charge in [0, 0.05) is 16.8 Å². The molecule has 2 aromatic carbocycles. The quantitative estimate of drug-likeness (QED) is 0.683. The summed E-state index contributed by atoms with van der Waals surface area (Å²) in [6.07, 6.45) is 1.99. The van der Waals surface area contributed by atoms with Crippen molar-refractivity contribution in [3.05, 3.63) is 92.6 Å². The van der Waals surface area contributed by atoms with Gasteiger partial charge in [-0.25, -0.2) is 9.07 Å². The van der Waals surface area contributed by atoms with Gasteiger partial charge in [-0.2, -0.15) is 5.10 Å². The van der Waals surface area contributed by atoms with Crippen LogP contribution in [0.4, 0.5) is 4.39 Å². The Morgan fingerprint density at radius 2 is 1.90 bits per heavy atom. The number of nitrogens with zero attached hydrogens (tertiary/aromatic N) is 2. The summed E-state index contributed by atoms with van der Waals surface area (Å²) in [6, 6.07) is 14.4. The molecule has 0 spiro atoms. The van der Waals surface area contributed by atoms with Crippen LogP contribution in [0, 0.1) is 18.7 Å². The molecule has 0 aliphatic heterocycles. The molecule has 1 fully saturated rings. The average Bonchev–Trinajstić information content (AvgIpc) is 3.53. The lowest BCUT2D eigenvalue weighted by Crippen LogP contribution is -2.35. The number of halogens is 2. The number of benzene rings is 2. The van der Waals surface area contributed by atoms with Crippen LogP contribution in [-0.2, 0) is 0 Å². The fraction of sp³-hybridized carbons (Fsp3) is 0.227. The van der Waals surface area contributed by atoms with Crippen molar-refractivity contribution in [2.24, 2.45) is 5.92 Å². The summed E-state index contributed by atoms with van der Waals surface area (Å²) < 4.78 is 15.5. The average molecular weight is 412 g/mol. The molecule has 1 N–H and O–H groups in total. The second kappa shape index (κ2) is 7.79. The second-order valence-corrected chi connectivity index (χ2v) is 7.64. The molecule has 29 heavy (non-hydrogen) atoms. The zero-order valence-electron chi connectivity index (χ0n) is 15.7. The molecular weight excluding hydrogens is 393 g/mol. The van der Waals surface area contributed by atoms with Gasteiger partial charge in [0.1, 0.15) is 11.5 Å². The van der Waals surface area contributed by atoms with Gasteiger partial charge >= 0.3 is 0 Å². The first-order valence-corrected chi connectivity index (χ1v) is 9.74. The van der Waals surface area contributed by atoms with Crippen LogP contribution in [0.1, 0.15) is 40.6 Å². The molecule has 0 radical (unpaired) electrons. The highest BCUT2D eigenvalue weighted by atomic mass is 35.5. The molecule has 4 rings (SSSR count). The molecule has 1 atom stereocenters. The third-order valence-electron chi connectivity index (χ3n) is 5.01. The fourth-order valence-corrected chi connectivity index (χ4v) is 3.48. The first kappa shape index (κ1) is 19.3. The van der Waals surface area contributed by atoms with Gasteiger partial charge in [0.15, 0.2) is 5.69 Å². The fourth-order valence-electron chi connectivity index (χ4n) is 3.35. The monoisotopic (exact) mass is 411 g/mol. The Kier molecular flexibility index (Phi) is 5.20. The molecule has 1 heterocycles. The molecule has 0 saturated heterocycles. The molecule has 1 unspecified atom stereocenters. The van der Waals surface area contributed by atoms with E-state index in [4.69, 9.17) is 11.6 Å². The number of aryl methyl sites for hydroxylation is 1. The number of carbonyl (C=O) groups excluding carboxylic acids is 1. The van der Waals surface area contributed by atoms with Crippen LogP contribution in [0.25, 0.3) is 5.69 Å². The molecule has 0 bridgehead atoms. The van der Waals surface area contributed by atoms with Crippen LogP contribution in [0.3, 0.4) is 0 Å². The third kappa shape index (κ3) is 4.07. The van der Waals surface area contributed by atoms with Crippen molar-refractivity contribution in [1.82, 2.24) is 15.1 Å². The second-order valence-electron chi connectivity index (χ2n) is 7.20.